The monoisotopic (exact) mass is 335 g/mol. The summed E-state index contributed by atoms with van der Waals surface area (Å²) in [6.45, 7) is 11.8. The van der Waals surface area contributed by atoms with Crippen LogP contribution in [-0.2, 0) is 0 Å². The van der Waals surface area contributed by atoms with Gasteiger partial charge in [-0.1, -0.05) is 12.1 Å². The highest BCUT2D eigenvalue weighted by Crippen LogP contribution is 2.38. The van der Waals surface area contributed by atoms with Crippen molar-refractivity contribution in [1.82, 2.24) is 9.88 Å². The Morgan fingerprint density at radius 3 is 2.56 bits per heavy atom. The fourth-order valence-corrected chi connectivity index (χ4v) is 3.85. The molecule has 1 aliphatic rings. The maximum atomic E-state index is 6.21. The smallest absolute Gasteiger partial charge is 0.227 e. The summed E-state index contributed by atoms with van der Waals surface area (Å²) < 4.78 is 6.21. The van der Waals surface area contributed by atoms with Gasteiger partial charge in [0.2, 0.25) is 5.71 Å². The van der Waals surface area contributed by atoms with Crippen molar-refractivity contribution in [2.45, 2.75) is 46.7 Å². The first-order valence-electron chi connectivity index (χ1n) is 8.97. The molecule has 0 N–H and O–H groups in total. The van der Waals surface area contributed by atoms with Gasteiger partial charge in [0.1, 0.15) is 0 Å². The first-order valence-corrected chi connectivity index (χ1v) is 8.97. The molecule has 0 saturated heterocycles. The van der Waals surface area contributed by atoms with Crippen molar-refractivity contribution >= 4 is 27.8 Å². The molecule has 3 heterocycles. The fraction of sp³-hybridized carbons (Fsp3) is 0.381. The van der Waals surface area contributed by atoms with Crippen molar-refractivity contribution in [3.8, 4) is 0 Å². The van der Waals surface area contributed by atoms with E-state index in [9.17, 15) is 0 Å². The van der Waals surface area contributed by atoms with Gasteiger partial charge >= 0.3 is 0 Å². The minimum Gasteiger partial charge on any atom is -0.435 e. The molecule has 0 aliphatic carbocycles. The van der Waals surface area contributed by atoms with Crippen LogP contribution in [0.15, 0.2) is 41.1 Å². The summed E-state index contributed by atoms with van der Waals surface area (Å²) in [5.41, 5.74) is 5.00. The molecule has 1 aliphatic heterocycles. The maximum absolute atomic E-state index is 6.21. The lowest BCUT2D eigenvalue weighted by Gasteiger charge is -2.39. The van der Waals surface area contributed by atoms with E-state index in [4.69, 9.17) is 4.42 Å². The number of aromatic nitrogens is 1. The summed E-state index contributed by atoms with van der Waals surface area (Å²) in [5, 5.41) is 2.22. The second-order valence-electron chi connectivity index (χ2n) is 7.36. The zero-order chi connectivity index (χ0) is 17.7. The van der Waals surface area contributed by atoms with Gasteiger partial charge in [-0.2, -0.15) is 0 Å². The number of hydrogen-bond acceptors (Lipinski definition) is 4. The minimum absolute atomic E-state index is 0.449. The third-order valence-electron chi connectivity index (χ3n) is 5.09. The zero-order valence-corrected chi connectivity index (χ0v) is 15.6. The molecular formula is C21H25N3O. The molecule has 0 unspecified atom stereocenters. The summed E-state index contributed by atoms with van der Waals surface area (Å²) >= 11 is 0. The van der Waals surface area contributed by atoms with Gasteiger partial charge < -0.3 is 14.2 Å². The molecule has 0 fully saturated rings. The highest BCUT2D eigenvalue weighted by Gasteiger charge is 2.24. The number of aryl methyl sites for hydroxylation is 2. The molecule has 0 amide bonds. The number of nitrogens with zero attached hydrogens (tertiary/aromatic N) is 3. The number of anilines is 1. The van der Waals surface area contributed by atoms with Crippen LogP contribution in [0.2, 0.25) is 0 Å². The molecular weight excluding hydrogens is 310 g/mol. The number of benzene rings is 1. The quantitative estimate of drug-likeness (QED) is 0.660. The topological polar surface area (TPSA) is 32.5 Å². The van der Waals surface area contributed by atoms with E-state index >= 15 is 0 Å². The van der Waals surface area contributed by atoms with Gasteiger partial charge in [0.05, 0.1) is 5.69 Å². The van der Waals surface area contributed by atoms with Crippen molar-refractivity contribution in [2.75, 3.05) is 11.4 Å². The summed E-state index contributed by atoms with van der Waals surface area (Å²) in [5.74, 6) is 0. The Labute approximate surface area is 148 Å². The van der Waals surface area contributed by atoms with Crippen molar-refractivity contribution in [1.29, 1.82) is 0 Å². The zero-order valence-electron chi connectivity index (χ0n) is 15.6. The number of pyridine rings is 1. The molecule has 4 rings (SSSR count). The van der Waals surface area contributed by atoms with Gasteiger partial charge in [-0.25, -0.2) is 4.98 Å². The normalized spacial score (nSPS) is 18.1. The Balaban J connectivity index is 1.88. The molecule has 1 aromatic carbocycles. The Hall–Kier alpha value is -2.49. The van der Waals surface area contributed by atoms with Crippen molar-refractivity contribution in [3.63, 3.8) is 0 Å². The van der Waals surface area contributed by atoms with Gasteiger partial charge in [0.25, 0.3) is 0 Å². The Bertz CT molecular complexity index is 970. The molecule has 130 valence electrons. The Morgan fingerprint density at radius 2 is 1.84 bits per heavy atom. The fourth-order valence-electron chi connectivity index (χ4n) is 3.85. The van der Waals surface area contributed by atoms with Gasteiger partial charge in [-0.15, -0.1) is 0 Å². The average molecular weight is 335 g/mol. The van der Waals surface area contributed by atoms with E-state index in [1.54, 1.807) is 0 Å². The summed E-state index contributed by atoms with van der Waals surface area (Å²) in [4.78, 5) is 9.28. The van der Waals surface area contributed by atoms with Crippen LogP contribution in [0.25, 0.3) is 22.1 Å². The first-order chi connectivity index (χ1) is 12.0. The second kappa shape index (κ2) is 5.80. The number of rotatable bonds is 2. The summed E-state index contributed by atoms with van der Waals surface area (Å²) in [7, 11) is 0. The van der Waals surface area contributed by atoms with E-state index in [1.165, 1.54) is 5.56 Å². The van der Waals surface area contributed by atoms with E-state index in [1.807, 2.05) is 13.0 Å². The highest BCUT2D eigenvalue weighted by atomic mass is 16.3. The van der Waals surface area contributed by atoms with Crippen LogP contribution in [-0.4, -0.2) is 28.5 Å². The third-order valence-corrected chi connectivity index (χ3v) is 5.09. The SMILES string of the molecule is Cc1ccc2c(n1)oc1c(N3C=CN(C(C)C)[C@@H](C)C3)c(C)ccc12. The number of furan rings is 1. The molecule has 2 aromatic heterocycles. The van der Waals surface area contributed by atoms with E-state index in [-0.39, 0.29) is 0 Å². The number of hydrogen-bond donors (Lipinski definition) is 0. The van der Waals surface area contributed by atoms with Gasteiger partial charge in [-0.05, 0) is 52.3 Å². The van der Waals surface area contributed by atoms with Crippen LogP contribution in [0.3, 0.4) is 0 Å². The van der Waals surface area contributed by atoms with E-state index in [0.717, 1.165) is 40.0 Å². The van der Waals surface area contributed by atoms with Crippen molar-refractivity contribution < 1.29 is 4.42 Å². The van der Waals surface area contributed by atoms with Gasteiger partial charge in [-0.3, -0.25) is 0 Å². The van der Waals surface area contributed by atoms with Crippen LogP contribution in [0, 0.1) is 13.8 Å². The average Bonchev–Trinajstić information content (AvgIpc) is 2.91. The van der Waals surface area contributed by atoms with Crippen LogP contribution < -0.4 is 4.90 Å². The molecule has 0 saturated carbocycles. The molecule has 4 nitrogen and oxygen atoms in total. The molecule has 0 radical (unpaired) electrons. The lowest BCUT2D eigenvalue weighted by Crippen LogP contribution is -2.45. The first kappa shape index (κ1) is 16.0. The Kier molecular flexibility index (Phi) is 3.71. The van der Waals surface area contributed by atoms with E-state index < -0.39 is 0 Å². The summed E-state index contributed by atoms with van der Waals surface area (Å²) in [6.07, 6.45) is 4.37. The van der Waals surface area contributed by atoms with Crippen LogP contribution in [0.4, 0.5) is 5.69 Å². The standard InChI is InChI=1S/C21H25N3O/c1-13(2)24-11-10-23(12-16(24)5)19-14(3)6-8-17-18-9-7-15(4)22-21(18)25-20(17)19/h6-11,13,16H,12H2,1-5H3/t16-/m0/s1. The lowest BCUT2D eigenvalue weighted by atomic mass is 10.1. The largest absolute Gasteiger partial charge is 0.435 e. The van der Waals surface area contributed by atoms with Gasteiger partial charge in [0.15, 0.2) is 5.58 Å². The molecule has 25 heavy (non-hydrogen) atoms. The Morgan fingerprint density at radius 1 is 1.08 bits per heavy atom. The van der Waals surface area contributed by atoms with Crippen molar-refractivity contribution in [2.24, 2.45) is 0 Å². The molecule has 1 atom stereocenters. The lowest BCUT2D eigenvalue weighted by molar-refractivity contribution is 0.235. The summed E-state index contributed by atoms with van der Waals surface area (Å²) in [6, 6.07) is 9.43. The molecule has 3 aromatic rings. The van der Waals surface area contributed by atoms with E-state index in [2.05, 4.69) is 73.1 Å². The third kappa shape index (κ3) is 2.56. The minimum atomic E-state index is 0.449. The van der Waals surface area contributed by atoms with Crippen LogP contribution in [0.1, 0.15) is 32.0 Å². The van der Waals surface area contributed by atoms with E-state index in [0.29, 0.717) is 12.1 Å². The predicted molar refractivity (Wildman–Crippen MR) is 104 cm³/mol. The number of fused-ring (bicyclic) bond motifs is 3. The predicted octanol–water partition coefficient (Wildman–Crippen LogP) is 4.99. The molecule has 0 spiro atoms. The second-order valence-corrected chi connectivity index (χ2v) is 7.36. The van der Waals surface area contributed by atoms with Gasteiger partial charge in [0, 0.05) is 47.5 Å². The molecule has 0 bridgehead atoms. The van der Waals surface area contributed by atoms with Crippen LogP contribution >= 0.6 is 0 Å². The molecule has 4 heteroatoms. The maximum Gasteiger partial charge on any atom is 0.227 e. The highest BCUT2D eigenvalue weighted by molar-refractivity contribution is 6.08. The van der Waals surface area contributed by atoms with Crippen LogP contribution in [0.5, 0.6) is 0 Å². The van der Waals surface area contributed by atoms with Crippen molar-refractivity contribution in [3.05, 3.63) is 47.9 Å².